The maximum atomic E-state index is 10.1. The molecule has 0 aliphatic carbocycles. The molecule has 1 heterocycles. The molecule has 5 heteroatoms. The number of nitrogen functional groups attached to an aromatic ring is 1. The van der Waals surface area contributed by atoms with Crippen LogP contribution in [0, 0.1) is 5.92 Å². The summed E-state index contributed by atoms with van der Waals surface area (Å²) in [6, 6.07) is 0. The minimum Gasteiger partial charge on any atom is -0.394 e. The number of aliphatic hydroxyl groups is 1. The van der Waals surface area contributed by atoms with Crippen molar-refractivity contribution in [1.29, 1.82) is 0 Å². The average Bonchev–Trinajstić information content (AvgIpc) is 2.39. The Bertz CT molecular complexity index is 344. The van der Waals surface area contributed by atoms with Crippen molar-refractivity contribution in [3.05, 3.63) is 6.20 Å². The van der Waals surface area contributed by atoms with Gasteiger partial charge in [0.15, 0.2) is 5.82 Å². The molecule has 0 fully saturated rings. The standard InChI is InChI=1S/C11H22N4O/c1-8(2)5-11(3,16)7-13-10-9(12)6-15(4)14-10/h6,8,16H,5,7,12H2,1-4H3,(H,13,14). The van der Waals surface area contributed by atoms with E-state index in [-0.39, 0.29) is 0 Å². The molecule has 1 aromatic heterocycles. The minimum absolute atomic E-state index is 0.451. The van der Waals surface area contributed by atoms with E-state index in [0.717, 1.165) is 6.42 Å². The molecule has 1 unspecified atom stereocenters. The molecule has 0 amide bonds. The van der Waals surface area contributed by atoms with Crippen molar-refractivity contribution in [2.45, 2.75) is 32.8 Å². The first-order valence-corrected chi connectivity index (χ1v) is 5.55. The molecule has 1 atom stereocenters. The van der Waals surface area contributed by atoms with Gasteiger partial charge in [-0.15, -0.1) is 0 Å². The van der Waals surface area contributed by atoms with Crippen LogP contribution in [0.2, 0.25) is 0 Å². The predicted molar refractivity (Wildman–Crippen MR) is 66.2 cm³/mol. The molecule has 0 saturated heterocycles. The minimum atomic E-state index is -0.738. The summed E-state index contributed by atoms with van der Waals surface area (Å²) in [4.78, 5) is 0. The Morgan fingerprint density at radius 1 is 1.62 bits per heavy atom. The number of hydrogen-bond donors (Lipinski definition) is 3. The molecule has 0 spiro atoms. The first kappa shape index (κ1) is 12.8. The van der Waals surface area contributed by atoms with Crippen molar-refractivity contribution in [2.75, 3.05) is 17.6 Å². The van der Waals surface area contributed by atoms with Gasteiger partial charge in [0.2, 0.25) is 0 Å². The van der Waals surface area contributed by atoms with E-state index < -0.39 is 5.60 Å². The number of anilines is 2. The predicted octanol–water partition coefficient (Wildman–Crippen LogP) is 1.21. The zero-order chi connectivity index (χ0) is 12.3. The summed E-state index contributed by atoms with van der Waals surface area (Å²) in [7, 11) is 1.81. The molecule has 0 radical (unpaired) electrons. The van der Waals surface area contributed by atoms with E-state index in [1.807, 2.05) is 14.0 Å². The van der Waals surface area contributed by atoms with Crippen LogP contribution in [-0.2, 0) is 7.05 Å². The fourth-order valence-electron chi connectivity index (χ4n) is 1.87. The molecule has 0 aliphatic heterocycles. The van der Waals surface area contributed by atoms with Gasteiger partial charge in [-0.05, 0) is 19.3 Å². The molecular weight excluding hydrogens is 204 g/mol. The fraction of sp³-hybridized carbons (Fsp3) is 0.727. The Morgan fingerprint density at radius 2 is 2.25 bits per heavy atom. The molecule has 0 saturated carbocycles. The Morgan fingerprint density at radius 3 is 2.69 bits per heavy atom. The third-order valence-electron chi connectivity index (χ3n) is 2.34. The van der Waals surface area contributed by atoms with Gasteiger partial charge < -0.3 is 16.2 Å². The van der Waals surface area contributed by atoms with Crippen LogP contribution < -0.4 is 11.1 Å². The second kappa shape index (κ2) is 4.74. The molecule has 1 rings (SSSR count). The molecule has 92 valence electrons. The highest BCUT2D eigenvalue weighted by atomic mass is 16.3. The summed E-state index contributed by atoms with van der Waals surface area (Å²) >= 11 is 0. The van der Waals surface area contributed by atoms with Crippen molar-refractivity contribution < 1.29 is 5.11 Å². The lowest BCUT2D eigenvalue weighted by Crippen LogP contribution is -2.35. The summed E-state index contributed by atoms with van der Waals surface area (Å²) in [6.07, 6.45) is 2.48. The van der Waals surface area contributed by atoms with Crippen LogP contribution in [0.1, 0.15) is 27.2 Å². The maximum absolute atomic E-state index is 10.1. The molecule has 4 N–H and O–H groups in total. The van der Waals surface area contributed by atoms with Crippen LogP contribution >= 0.6 is 0 Å². The van der Waals surface area contributed by atoms with Gasteiger partial charge in [0, 0.05) is 19.8 Å². The third kappa shape index (κ3) is 3.73. The molecule has 16 heavy (non-hydrogen) atoms. The molecule has 5 nitrogen and oxygen atoms in total. The molecule has 1 aromatic rings. The fourth-order valence-corrected chi connectivity index (χ4v) is 1.87. The van der Waals surface area contributed by atoms with Crippen LogP contribution in [-0.4, -0.2) is 27.0 Å². The van der Waals surface area contributed by atoms with Crippen LogP contribution in [0.5, 0.6) is 0 Å². The van der Waals surface area contributed by atoms with Gasteiger partial charge in [0.25, 0.3) is 0 Å². The quantitative estimate of drug-likeness (QED) is 0.705. The molecule has 0 aromatic carbocycles. The summed E-state index contributed by atoms with van der Waals surface area (Å²) in [6.45, 7) is 6.44. The van der Waals surface area contributed by atoms with Crippen molar-refractivity contribution in [3.63, 3.8) is 0 Å². The second-order valence-corrected chi connectivity index (χ2v) is 5.06. The smallest absolute Gasteiger partial charge is 0.171 e. The van der Waals surface area contributed by atoms with Gasteiger partial charge in [0.05, 0.1) is 11.3 Å². The van der Waals surface area contributed by atoms with Crippen molar-refractivity contribution in [2.24, 2.45) is 13.0 Å². The molecule has 0 aliphatic rings. The van der Waals surface area contributed by atoms with E-state index >= 15 is 0 Å². The number of aromatic nitrogens is 2. The topological polar surface area (TPSA) is 76.1 Å². The van der Waals surface area contributed by atoms with Gasteiger partial charge in [-0.2, -0.15) is 5.10 Å². The van der Waals surface area contributed by atoms with Gasteiger partial charge in [-0.3, -0.25) is 4.68 Å². The van der Waals surface area contributed by atoms with Gasteiger partial charge in [-0.1, -0.05) is 13.8 Å². The number of nitrogens with zero attached hydrogens (tertiary/aromatic N) is 2. The Labute approximate surface area is 96.6 Å². The highest BCUT2D eigenvalue weighted by Gasteiger charge is 2.22. The van der Waals surface area contributed by atoms with Crippen LogP contribution in [0.4, 0.5) is 11.5 Å². The first-order valence-electron chi connectivity index (χ1n) is 5.55. The maximum Gasteiger partial charge on any atom is 0.171 e. The van der Waals surface area contributed by atoms with Crippen LogP contribution in [0.15, 0.2) is 6.20 Å². The van der Waals surface area contributed by atoms with Gasteiger partial charge in [-0.25, -0.2) is 0 Å². The Balaban J connectivity index is 2.54. The molecule has 0 bridgehead atoms. The van der Waals surface area contributed by atoms with Gasteiger partial charge >= 0.3 is 0 Å². The summed E-state index contributed by atoms with van der Waals surface area (Å²) in [5.41, 5.74) is 5.61. The van der Waals surface area contributed by atoms with Crippen LogP contribution in [0.3, 0.4) is 0 Å². The van der Waals surface area contributed by atoms with Crippen LogP contribution in [0.25, 0.3) is 0 Å². The number of rotatable bonds is 5. The summed E-state index contributed by atoms with van der Waals surface area (Å²) in [5.74, 6) is 1.09. The Kier molecular flexibility index (Phi) is 3.80. The van der Waals surface area contributed by atoms with E-state index in [1.54, 1.807) is 10.9 Å². The highest BCUT2D eigenvalue weighted by molar-refractivity contribution is 5.59. The SMILES string of the molecule is CC(C)CC(C)(O)CNc1nn(C)cc1N. The highest BCUT2D eigenvalue weighted by Crippen LogP contribution is 2.19. The van der Waals surface area contributed by atoms with E-state index in [9.17, 15) is 5.11 Å². The Hall–Kier alpha value is -1.23. The zero-order valence-electron chi connectivity index (χ0n) is 10.5. The monoisotopic (exact) mass is 226 g/mol. The van der Waals surface area contributed by atoms with E-state index in [0.29, 0.717) is 24.0 Å². The average molecular weight is 226 g/mol. The number of aryl methyl sites for hydroxylation is 1. The largest absolute Gasteiger partial charge is 0.394 e. The number of nitrogens with one attached hydrogen (secondary N) is 1. The number of hydrogen-bond acceptors (Lipinski definition) is 4. The van der Waals surface area contributed by atoms with Gasteiger partial charge in [0.1, 0.15) is 0 Å². The lowest BCUT2D eigenvalue weighted by Gasteiger charge is -2.25. The van der Waals surface area contributed by atoms with E-state index in [1.165, 1.54) is 0 Å². The second-order valence-electron chi connectivity index (χ2n) is 5.06. The lowest BCUT2D eigenvalue weighted by atomic mass is 9.94. The lowest BCUT2D eigenvalue weighted by molar-refractivity contribution is 0.0515. The number of nitrogens with two attached hydrogens (primary N) is 1. The van der Waals surface area contributed by atoms with Crippen molar-refractivity contribution in [3.8, 4) is 0 Å². The first-order chi connectivity index (χ1) is 7.30. The normalized spacial score (nSPS) is 15.1. The van der Waals surface area contributed by atoms with E-state index in [4.69, 9.17) is 5.73 Å². The molecular formula is C11H22N4O. The third-order valence-corrected chi connectivity index (χ3v) is 2.34. The van der Waals surface area contributed by atoms with E-state index in [2.05, 4.69) is 24.3 Å². The summed E-state index contributed by atoms with van der Waals surface area (Å²) < 4.78 is 1.65. The van der Waals surface area contributed by atoms with Crippen molar-refractivity contribution >= 4 is 11.5 Å². The summed E-state index contributed by atoms with van der Waals surface area (Å²) in [5, 5.41) is 17.3. The zero-order valence-corrected chi connectivity index (χ0v) is 10.5. The van der Waals surface area contributed by atoms with Crippen molar-refractivity contribution in [1.82, 2.24) is 9.78 Å².